The summed E-state index contributed by atoms with van der Waals surface area (Å²) in [7, 11) is 1.75. The summed E-state index contributed by atoms with van der Waals surface area (Å²) < 4.78 is 0. The zero-order valence-corrected chi connectivity index (χ0v) is 26.9. The summed E-state index contributed by atoms with van der Waals surface area (Å²) >= 11 is 12.9. The summed E-state index contributed by atoms with van der Waals surface area (Å²) in [5, 5.41) is 6.93. The molecule has 0 bridgehead atoms. The van der Waals surface area contributed by atoms with Crippen LogP contribution in [0.15, 0.2) is 71.7 Å². The van der Waals surface area contributed by atoms with Gasteiger partial charge in [0.2, 0.25) is 0 Å². The molecule has 1 fully saturated rings. The van der Waals surface area contributed by atoms with Gasteiger partial charge in [0.05, 0.1) is 12.2 Å². The van der Waals surface area contributed by atoms with E-state index in [0.717, 1.165) is 73.6 Å². The number of halogens is 2. The van der Waals surface area contributed by atoms with E-state index in [-0.39, 0.29) is 24.0 Å². The maximum atomic E-state index is 14.4. The molecule has 0 aromatic heterocycles. The van der Waals surface area contributed by atoms with E-state index < -0.39 is 5.66 Å². The largest absolute Gasteiger partial charge is 0.349 e. The van der Waals surface area contributed by atoms with E-state index in [1.54, 1.807) is 7.05 Å². The number of likely N-dealkylation sites (N-methyl/N-ethyl adjacent to an activating group) is 1. The molecule has 3 aromatic carbocycles. The van der Waals surface area contributed by atoms with Gasteiger partial charge in [-0.1, -0.05) is 91.9 Å². The van der Waals surface area contributed by atoms with E-state index in [9.17, 15) is 9.59 Å². The summed E-state index contributed by atoms with van der Waals surface area (Å²) in [6, 6.07) is 20.7. The van der Waals surface area contributed by atoms with Crippen LogP contribution in [0.4, 0.5) is 0 Å². The third-order valence-corrected chi connectivity index (χ3v) is 9.44. The predicted molar refractivity (Wildman–Crippen MR) is 179 cm³/mol. The Hall–Kier alpha value is -3.23. The third-order valence-electron chi connectivity index (χ3n) is 8.81. The van der Waals surface area contributed by atoms with Crippen molar-refractivity contribution in [2.45, 2.75) is 76.2 Å². The van der Waals surface area contributed by atoms with Gasteiger partial charge in [-0.05, 0) is 74.5 Å². The average molecular weight is 635 g/mol. The number of unbranched alkanes of at least 4 members (excludes halogenated alkanes) is 1. The van der Waals surface area contributed by atoms with E-state index in [1.807, 2.05) is 66.7 Å². The Morgan fingerprint density at radius 1 is 0.977 bits per heavy atom. The lowest BCUT2D eigenvalue weighted by Gasteiger charge is -2.44. The minimum Gasteiger partial charge on any atom is -0.349 e. The van der Waals surface area contributed by atoms with Crippen LogP contribution in [0.25, 0.3) is 11.1 Å². The van der Waals surface area contributed by atoms with Crippen molar-refractivity contribution >= 4 is 40.7 Å². The third kappa shape index (κ3) is 6.71. The molecule has 1 saturated carbocycles. The average Bonchev–Trinajstić information content (AvgIpc) is 3.31. The Bertz CT molecular complexity index is 1480. The first kappa shape index (κ1) is 32.2. The second kappa shape index (κ2) is 14.2. The smallest absolute Gasteiger partial charge is 0.275 e. The first-order chi connectivity index (χ1) is 21.3. The van der Waals surface area contributed by atoms with E-state index in [4.69, 9.17) is 33.9 Å². The number of aliphatic imine (C=N–C) groups is 1. The van der Waals surface area contributed by atoms with Gasteiger partial charge in [-0.25, -0.2) is 0 Å². The molecule has 7 nitrogen and oxygen atoms in total. The Balaban J connectivity index is 1.46. The Morgan fingerprint density at radius 3 is 2.23 bits per heavy atom. The lowest BCUT2D eigenvalue weighted by molar-refractivity contribution is -0.132. The monoisotopic (exact) mass is 633 g/mol. The van der Waals surface area contributed by atoms with Gasteiger partial charge >= 0.3 is 0 Å². The lowest BCUT2D eigenvalue weighted by Crippen LogP contribution is -2.50. The highest BCUT2D eigenvalue weighted by molar-refractivity contribution is 6.47. The summed E-state index contributed by atoms with van der Waals surface area (Å²) in [5.41, 5.74) is 9.82. The van der Waals surface area contributed by atoms with Crippen LogP contribution in [0, 0.1) is 0 Å². The van der Waals surface area contributed by atoms with Gasteiger partial charge in [0.15, 0.2) is 0 Å². The zero-order valence-electron chi connectivity index (χ0n) is 25.4. The minimum absolute atomic E-state index is 0.0422. The van der Waals surface area contributed by atoms with Gasteiger partial charge in [-0.3, -0.25) is 14.6 Å². The fourth-order valence-electron chi connectivity index (χ4n) is 6.38. The number of carbonyl (C=O) groups is 2. The summed E-state index contributed by atoms with van der Waals surface area (Å²) in [6.45, 7) is 2.49. The number of nitrogens with two attached hydrogens (primary N) is 1. The van der Waals surface area contributed by atoms with Gasteiger partial charge in [0, 0.05) is 33.3 Å². The number of nitrogens with one attached hydrogen (secondary N) is 2. The molecule has 1 unspecified atom stereocenters. The van der Waals surface area contributed by atoms with Gasteiger partial charge in [-0.15, -0.1) is 0 Å². The van der Waals surface area contributed by atoms with Crippen molar-refractivity contribution < 1.29 is 9.59 Å². The molecule has 1 aliphatic heterocycles. The van der Waals surface area contributed by atoms with E-state index in [2.05, 4.69) is 22.5 Å². The Kier molecular flexibility index (Phi) is 10.4. The van der Waals surface area contributed by atoms with Gasteiger partial charge in [-0.2, -0.15) is 0 Å². The molecular weight excluding hydrogens is 593 g/mol. The van der Waals surface area contributed by atoms with Crippen molar-refractivity contribution in [2.24, 2.45) is 10.7 Å². The molecule has 1 aliphatic carbocycles. The topological polar surface area (TPSA) is 99.8 Å². The number of nitrogens with zero attached hydrogens (tertiary/aromatic N) is 2. The molecule has 1 spiro atoms. The van der Waals surface area contributed by atoms with E-state index >= 15 is 0 Å². The minimum atomic E-state index is -0.576. The maximum absolute atomic E-state index is 14.4. The highest BCUT2D eigenvalue weighted by Gasteiger charge is 2.50. The fraction of sp³-hybridized carbons (Fsp3) is 0.400. The molecule has 44 heavy (non-hydrogen) atoms. The number of amides is 2. The number of carbonyl (C=O) groups excluding carboxylic acids is 2. The number of hydrogen-bond donors (Lipinski definition) is 3. The second-order valence-electron chi connectivity index (χ2n) is 11.7. The first-order valence-corrected chi connectivity index (χ1v) is 16.3. The summed E-state index contributed by atoms with van der Waals surface area (Å²) in [6.07, 6.45) is 7.35. The normalized spacial score (nSPS) is 17.4. The van der Waals surface area contributed by atoms with Crippen molar-refractivity contribution in [1.29, 1.82) is 0 Å². The predicted octanol–water partition coefficient (Wildman–Crippen LogP) is 7.12. The quantitative estimate of drug-likeness (QED) is 0.196. The summed E-state index contributed by atoms with van der Waals surface area (Å²) in [5.74, 6) is -0.222. The molecule has 0 saturated heterocycles. The highest BCUT2D eigenvalue weighted by Crippen LogP contribution is 2.46. The van der Waals surface area contributed by atoms with Crippen LogP contribution in [0.2, 0.25) is 10.0 Å². The molecule has 232 valence electrons. The molecule has 2 atom stereocenters. The Labute approximate surface area is 270 Å². The van der Waals surface area contributed by atoms with Gasteiger partial charge < -0.3 is 21.3 Å². The van der Waals surface area contributed by atoms with Crippen LogP contribution in [-0.4, -0.2) is 47.8 Å². The maximum Gasteiger partial charge on any atom is 0.275 e. The van der Waals surface area contributed by atoms with Crippen molar-refractivity contribution in [3.8, 4) is 11.1 Å². The van der Waals surface area contributed by atoms with Crippen molar-refractivity contribution in [1.82, 2.24) is 15.5 Å². The molecule has 2 aliphatic rings. The van der Waals surface area contributed by atoms with Crippen molar-refractivity contribution in [3.63, 3.8) is 0 Å². The molecule has 1 heterocycles. The van der Waals surface area contributed by atoms with Crippen molar-refractivity contribution in [3.05, 3.63) is 93.5 Å². The molecule has 5 rings (SSSR count). The van der Waals surface area contributed by atoms with Crippen LogP contribution in [0.3, 0.4) is 0 Å². The number of rotatable bonds is 11. The molecule has 2 amide bonds. The van der Waals surface area contributed by atoms with Gasteiger partial charge in [0.1, 0.15) is 11.4 Å². The lowest BCUT2D eigenvalue weighted by atomic mass is 9.86. The molecule has 0 radical (unpaired) electrons. The fourth-order valence-corrected chi connectivity index (χ4v) is 6.99. The first-order valence-electron chi connectivity index (χ1n) is 15.6. The van der Waals surface area contributed by atoms with Crippen molar-refractivity contribution in [2.75, 3.05) is 13.6 Å². The van der Waals surface area contributed by atoms with Gasteiger partial charge in [0.25, 0.3) is 11.8 Å². The van der Waals surface area contributed by atoms with Crippen LogP contribution >= 0.6 is 23.2 Å². The molecular formula is C35H41Cl2N5O2. The molecule has 3 aromatic rings. The Morgan fingerprint density at radius 2 is 1.61 bits per heavy atom. The van der Waals surface area contributed by atoms with Crippen LogP contribution in [0.5, 0.6) is 0 Å². The standard InChI is InChI=1S/C35H41Cl2N5O2/c1-3-4-11-29(23-12-18-26(19-13-23)33(43)40-22-30(38)39-2)42-34(44)32(41-35(42)20-6-5-7-21-35)25-16-14-24(15-17-25)31-27(36)9-8-10-28(31)37/h8-10,12-19,29-30,39H,3-7,11,20-22,38H2,1-2H3,(H,40,43)/t29-,30?/m1/s1. The highest BCUT2D eigenvalue weighted by atomic mass is 35.5. The van der Waals surface area contributed by atoms with Crippen LogP contribution < -0.4 is 16.4 Å². The SMILES string of the molecule is CCCC[C@H](c1ccc(C(=O)NCC(N)NC)cc1)N1C(=O)C(c2ccc(-c3c(Cl)cccc3Cl)cc2)=NC12CCCCC2. The number of hydrogen-bond acceptors (Lipinski definition) is 5. The van der Waals surface area contributed by atoms with E-state index in [1.165, 1.54) is 0 Å². The van der Waals surface area contributed by atoms with Crippen LogP contribution in [0.1, 0.15) is 85.8 Å². The molecule has 9 heteroatoms. The second-order valence-corrected chi connectivity index (χ2v) is 12.6. The van der Waals surface area contributed by atoms with Crippen LogP contribution in [-0.2, 0) is 4.79 Å². The zero-order chi connectivity index (χ0) is 31.3. The summed E-state index contributed by atoms with van der Waals surface area (Å²) in [4.78, 5) is 34.5. The number of benzene rings is 3. The van der Waals surface area contributed by atoms with E-state index in [0.29, 0.717) is 27.9 Å². The molecule has 4 N–H and O–H groups in total.